The maximum absolute atomic E-state index is 5.87. The minimum atomic E-state index is 0.322. The average Bonchev–Trinajstić information content (AvgIpc) is 3.15. The molecule has 0 fully saturated rings. The molecule has 0 radical (unpaired) electrons. The lowest BCUT2D eigenvalue weighted by Gasteiger charge is -2.33. The van der Waals surface area contributed by atoms with Crippen molar-refractivity contribution in [1.29, 1.82) is 0 Å². The Morgan fingerprint density at radius 1 is 1.15 bits per heavy atom. The first-order valence-electron chi connectivity index (χ1n) is 9.42. The standard InChI is InChI=1S/C21H25N5O/c1-17-4-2-6-19(24-17)13-25-14-20-7-10-23-26(20)21(15-25)8-11-27-16-18-5-3-9-22-12-18/h2-7,9-10,12,21H,8,11,13-16H2,1H3/t21-/m1/s1. The van der Waals surface area contributed by atoms with Crippen molar-refractivity contribution in [2.75, 3.05) is 13.2 Å². The van der Waals surface area contributed by atoms with Crippen LogP contribution >= 0.6 is 0 Å². The van der Waals surface area contributed by atoms with Crippen molar-refractivity contribution in [3.8, 4) is 0 Å². The van der Waals surface area contributed by atoms with Crippen LogP contribution in [0, 0.1) is 6.92 Å². The Bertz CT molecular complexity index is 864. The molecule has 0 bridgehead atoms. The van der Waals surface area contributed by atoms with E-state index in [4.69, 9.17) is 4.74 Å². The van der Waals surface area contributed by atoms with Crippen LogP contribution in [0.15, 0.2) is 55.0 Å². The molecule has 0 N–H and O–H groups in total. The maximum Gasteiger partial charge on any atom is 0.0731 e. The number of hydrogen-bond acceptors (Lipinski definition) is 5. The van der Waals surface area contributed by atoms with Gasteiger partial charge in [0.15, 0.2) is 0 Å². The molecule has 0 saturated carbocycles. The zero-order chi connectivity index (χ0) is 18.5. The molecule has 4 rings (SSSR count). The summed E-state index contributed by atoms with van der Waals surface area (Å²) in [5.74, 6) is 0. The topological polar surface area (TPSA) is 56.1 Å². The van der Waals surface area contributed by atoms with Crippen LogP contribution in [-0.4, -0.2) is 37.8 Å². The molecule has 3 aromatic heterocycles. The summed E-state index contributed by atoms with van der Waals surface area (Å²) in [7, 11) is 0. The fourth-order valence-electron chi connectivity index (χ4n) is 3.61. The molecular formula is C21H25N5O. The molecule has 1 aliphatic rings. The number of hydrogen-bond donors (Lipinski definition) is 0. The molecule has 140 valence electrons. The van der Waals surface area contributed by atoms with E-state index in [0.29, 0.717) is 19.3 Å². The molecule has 1 aliphatic heterocycles. The molecule has 4 heterocycles. The highest BCUT2D eigenvalue weighted by molar-refractivity contribution is 5.11. The molecule has 27 heavy (non-hydrogen) atoms. The van der Waals surface area contributed by atoms with Crippen LogP contribution in [0.25, 0.3) is 0 Å². The summed E-state index contributed by atoms with van der Waals surface area (Å²) >= 11 is 0. The summed E-state index contributed by atoms with van der Waals surface area (Å²) in [5.41, 5.74) is 4.55. The van der Waals surface area contributed by atoms with E-state index >= 15 is 0 Å². The Kier molecular flexibility index (Phi) is 5.55. The minimum absolute atomic E-state index is 0.322. The fraction of sp³-hybridized carbons (Fsp3) is 0.381. The van der Waals surface area contributed by atoms with Crippen LogP contribution in [-0.2, 0) is 24.4 Å². The van der Waals surface area contributed by atoms with Crippen LogP contribution in [0.2, 0.25) is 0 Å². The van der Waals surface area contributed by atoms with E-state index in [0.717, 1.165) is 43.0 Å². The van der Waals surface area contributed by atoms with Crippen molar-refractivity contribution in [3.05, 3.63) is 77.6 Å². The summed E-state index contributed by atoms with van der Waals surface area (Å²) in [5, 5.41) is 4.54. The van der Waals surface area contributed by atoms with Crippen LogP contribution in [0.4, 0.5) is 0 Å². The average molecular weight is 363 g/mol. The molecule has 6 heteroatoms. The minimum Gasteiger partial charge on any atom is -0.377 e. The lowest BCUT2D eigenvalue weighted by molar-refractivity contribution is 0.0869. The summed E-state index contributed by atoms with van der Waals surface area (Å²) in [6.07, 6.45) is 6.46. The Labute approximate surface area is 159 Å². The second-order valence-electron chi connectivity index (χ2n) is 7.06. The number of pyridine rings is 2. The van der Waals surface area contributed by atoms with Gasteiger partial charge in [-0.05, 0) is 43.2 Å². The second-order valence-corrected chi connectivity index (χ2v) is 7.06. The first-order valence-corrected chi connectivity index (χ1v) is 9.42. The quantitative estimate of drug-likeness (QED) is 0.604. The van der Waals surface area contributed by atoms with Gasteiger partial charge in [-0.15, -0.1) is 0 Å². The molecule has 3 aromatic rings. The van der Waals surface area contributed by atoms with Crippen molar-refractivity contribution in [2.45, 2.75) is 39.1 Å². The summed E-state index contributed by atoms with van der Waals surface area (Å²) in [6.45, 7) is 6.07. The van der Waals surface area contributed by atoms with Gasteiger partial charge in [0.05, 0.1) is 24.0 Å². The first-order chi connectivity index (χ1) is 13.3. The molecule has 0 saturated heterocycles. The predicted octanol–water partition coefficient (Wildman–Crippen LogP) is 3.15. The number of nitrogens with zero attached hydrogens (tertiary/aromatic N) is 5. The predicted molar refractivity (Wildman–Crippen MR) is 103 cm³/mol. The van der Waals surface area contributed by atoms with Crippen molar-refractivity contribution in [2.24, 2.45) is 0 Å². The zero-order valence-corrected chi connectivity index (χ0v) is 15.7. The van der Waals surface area contributed by atoms with Crippen molar-refractivity contribution in [1.82, 2.24) is 24.6 Å². The van der Waals surface area contributed by atoms with Crippen molar-refractivity contribution >= 4 is 0 Å². The van der Waals surface area contributed by atoms with Gasteiger partial charge in [-0.1, -0.05) is 12.1 Å². The normalized spacial score (nSPS) is 17.0. The highest BCUT2D eigenvalue weighted by Gasteiger charge is 2.25. The first kappa shape index (κ1) is 17.8. The SMILES string of the molecule is Cc1cccc(CN2Cc3ccnn3[C@H](CCOCc3cccnc3)C2)n1. The molecule has 1 atom stereocenters. The monoisotopic (exact) mass is 363 g/mol. The van der Waals surface area contributed by atoms with Gasteiger partial charge >= 0.3 is 0 Å². The molecule has 6 nitrogen and oxygen atoms in total. The van der Waals surface area contributed by atoms with E-state index in [1.54, 1.807) is 6.20 Å². The summed E-state index contributed by atoms with van der Waals surface area (Å²) < 4.78 is 8.03. The highest BCUT2D eigenvalue weighted by atomic mass is 16.5. The Balaban J connectivity index is 1.35. The van der Waals surface area contributed by atoms with E-state index in [1.807, 2.05) is 37.5 Å². The number of aromatic nitrogens is 4. The van der Waals surface area contributed by atoms with E-state index in [9.17, 15) is 0 Å². The number of rotatable bonds is 7. The zero-order valence-electron chi connectivity index (χ0n) is 15.7. The van der Waals surface area contributed by atoms with Gasteiger partial charge in [0, 0.05) is 50.5 Å². The summed E-state index contributed by atoms with van der Waals surface area (Å²) in [6, 6.07) is 12.6. The third kappa shape index (κ3) is 4.59. The van der Waals surface area contributed by atoms with Gasteiger partial charge in [-0.25, -0.2) is 0 Å². The molecular weight excluding hydrogens is 338 g/mol. The van der Waals surface area contributed by atoms with E-state index in [1.165, 1.54) is 5.69 Å². The highest BCUT2D eigenvalue weighted by Crippen LogP contribution is 2.24. The van der Waals surface area contributed by atoms with Gasteiger partial charge in [0.2, 0.25) is 0 Å². The number of ether oxygens (including phenoxy) is 1. The number of aryl methyl sites for hydroxylation is 1. The Morgan fingerprint density at radius 3 is 2.96 bits per heavy atom. The number of fused-ring (bicyclic) bond motifs is 1. The molecule has 0 aliphatic carbocycles. The smallest absolute Gasteiger partial charge is 0.0731 e. The third-order valence-electron chi connectivity index (χ3n) is 4.87. The molecule has 0 unspecified atom stereocenters. The molecule has 0 aromatic carbocycles. The van der Waals surface area contributed by atoms with Crippen molar-refractivity contribution < 1.29 is 4.74 Å². The van der Waals surface area contributed by atoms with E-state index in [2.05, 4.69) is 42.8 Å². The van der Waals surface area contributed by atoms with Crippen LogP contribution < -0.4 is 0 Å². The largest absolute Gasteiger partial charge is 0.377 e. The van der Waals surface area contributed by atoms with Crippen LogP contribution in [0.5, 0.6) is 0 Å². The van der Waals surface area contributed by atoms with Gasteiger partial charge in [0.1, 0.15) is 0 Å². The lowest BCUT2D eigenvalue weighted by Crippen LogP contribution is -2.37. The van der Waals surface area contributed by atoms with Crippen LogP contribution in [0.1, 0.15) is 35.1 Å². The van der Waals surface area contributed by atoms with E-state index < -0.39 is 0 Å². The van der Waals surface area contributed by atoms with Crippen LogP contribution in [0.3, 0.4) is 0 Å². The fourth-order valence-corrected chi connectivity index (χ4v) is 3.61. The van der Waals surface area contributed by atoms with Crippen molar-refractivity contribution in [3.63, 3.8) is 0 Å². The summed E-state index contributed by atoms with van der Waals surface area (Å²) in [4.78, 5) is 11.2. The van der Waals surface area contributed by atoms with Gasteiger partial charge in [0.25, 0.3) is 0 Å². The van der Waals surface area contributed by atoms with Gasteiger partial charge < -0.3 is 4.74 Å². The second kappa shape index (κ2) is 8.41. The third-order valence-corrected chi connectivity index (χ3v) is 4.87. The van der Waals surface area contributed by atoms with Gasteiger partial charge in [-0.3, -0.25) is 19.5 Å². The lowest BCUT2D eigenvalue weighted by atomic mass is 10.1. The maximum atomic E-state index is 5.87. The van der Waals surface area contributed by atoms with E-state index in [-0.39, 0.29) is 0 Å². The van der Waals surface area contributed by atoms with Gasteiger partial charge in [-0.2, -0.15) is 5.10 Å². The molecule has 0 amide bonds. The Hall–Kier alpha value is -2.57. The Morgan fingerprint density at radius 2 is 2.11 bits per heavy atom. The molecule has 0 spiro atoms.